The first kappa shape index (κ1) is 18.6. The van der Waals surface area contributed by atoms with E-state index in [0.717, 1.165) is 13.0 Å². The minimum absolute atomic E-state index is 0.181. The summed E-state index contributed by atoms with van der Waals surface area (Å²) in [5.41, 5.74) is 0.312. The number of hydrogen-bond donors (Lipinski definition) is 0. The Morgan fingerprint density at radius 2 is 1.74 bits per heavy atom. The van der Waals surface area contributed by atoms with E-state index >= 15 is 0 Å². The third-order valence-corrected chi connectivity index (χ3v) is 4.30. The van der Waals surface area contributed by atoms with Gasteiger partial charge in [0, 0.05) is 40.3 Å². The number of carbonyl (C=O) groups is 2. The Bertz CT molecular complexity index is 780. The minimum Gasteiger partial charge on any atom is -0.410 e. The van der Waals surface area contributed by atoms with Crippen molar-refractivity contribution in [3.63, 3.8) is 0 Å². The van der Waals surface area contributed by atoms with Gasteiger partial charge in [0.1, 0.15) is 5.75 Å². The molecule has 0 spiro atoms. The molecule has 0 saturated carbocycles. The number of rotatable bonds is 3. The summed E-state index contributed by atoms with van der Waals surface area (Å²) in [4.78, 5) is 29.5. The number of benzene rings is 1. The van der Waals surface area contributed by atoms with Crippen LogP contribution < -0.4 is 9.64 Å². The van der Waals surface area contributed by atoms with Crippen molar-refractivity contribution in [2.24, 2.45) is 0 Å². The van der Waals surface area contributed by atoms with Gasteiger partial charge in [0.2, 0.25) is 0 Å². The standard InChI is InChI=1S/C19H23N5O3/c1-22(2)18(25)16-9-10-17(21-20-16)23-11-6-12-24(14-13-23)19(26)27-15-7-4-3-5-8-15/h3-5,7-10H,6,11-14H2,1-2H3. The molecule has 2 heterocycles. The lowest BCUT2D eigenvalue weighted by molar-refractivity contribution is 0.0820. The van der Waals surface area contributed by atoms with Crippen LogP contribution in [0.25, 0.3) is 0 Å². The highest BCUT2D eigenvalue weighted by Crippen LogP contribution is 2.15. The van der Waals surface area contributed by atoms with Crippen LogP contribution in [0.2, 0.25) is 0 Å². The van der Waals surface area contributed by atoms with Crippen LogP contribution in [0.5, 0.6) is 5.75 Å². The van der Waals surface area contributed by atoms with Gasteiger partial charge < -0.3 is 19.4 Å². The van der Waals surface area contributed by atoms with E-state index in [1.54, 1.807) is 43.3 Å². The third-order valence-electron chi connectivity index (χ3n) is 4.30. The molecule has 1 aliphatic heterocycles. The van der Waals surface area contributed by atoms with Crippen molar-refractivity contribution in [2.75, 3.05) is 45.2 Å². The van der Waals surface area contributed by atoms with Crippen molar-refractivity contribution in [3.05, 3.63) is 48.2 Å². The Morgan fingerprint density at radius 1 is 0.963 bits per heavy atom. The summed E-state index contributed by atoms with van der Waals surface area (Å²) >= 11 is 0. The zero-order chi connectivity index (χ0) is 19.2. The average Bonchev–Trinajstić information content (AvgIpc) is 2.94. The van der Waals surface area contributed by atoms with Gasteiger partial charge in [-0.2, -0.15) is 0 Å². The van der Waals surface area contributed by atoms with Crippen molar-refractivity contribution in [1.82, 2.24) is 20.0 Å². The molecule has 1 fully saturated rings. The molecule has 1 aromatic carbocycles. The highest BCUT2D eigenvalue weighted by atomic mass is 16.6. The van der Waals surface area contributed by atoms with Crippen LogP contribution in [0.15, 0.2) is 42.5 Å². The number of carbonyl (C=O) groups excluding carboxylic acids is 2. The van der Waals surface area contributed by atoms with Crippen molar-refractivity contribution in [3.8, 4) is 5.75 Å². The Balaban J connectivity index is 1.59. The normalized spacial score (nSPS) is 14.4. The molecule has 8 nitrogen and oxygen atoms in total. The molecular formula is C19H23N5O3. The fourth-order valence-electron chi connectivity index (χ4n) is 2.82. The molecule has 0 N–H and O–H groups in total. The van der Waals surface area contributed by atoms with Crippen LogP contribution >= 0.6 is 0 Å². The van der Waals surface area contributed by atoms with Crippen molar-refractivity contribution in [1.29, 1.82) is 0 Å². The summed E-state index contributed by atoms with van der Waals surface area (Å²) < 4.78 is 5.41. The van der Waals surface area contributed by atoms with E-state index < -0.39 is 0 Å². The van der Waals surface area contributed by atoms with Crippen LogP contribution in [0.3, 0.4) is 0 Å². The first-order valence-corrected chi connectivity index (χ1v) is 8.87. The Morgan fingerprint density at radius 3 is 2.41 bits per heavy atom. The van der Waals surface area contributed by atoms with Crippen molar-refractivity contribution in [2.45, 2.75) is 6.42 Å². The van der Waals surface area contributed by atoms with Gasteiger partial charge in [0.25, 0.3) is 5.91 Å². The number of anilines is 1. The fourth-order valence-corrected chi connectivity index (χ4v) is 2.82. The van der Waals surface area contributed by atoms with E-state index in [-0.39, 0.29) is 12.0 Å². The lowest BCUT2D eigenvalue weighted by Crippen LogP contribution is -2.37. The van der Waals surface area contributed by atoms with E-state index in [1.165, 1.54) is 4.90 Å². The molecule has 27 heavy (non-hydrogen) atoms. The SMILES string of the molecule is CN(C)C(=O)c1ccc(N2CCCN(C(=O)Oc3ccccc3)CC2)nn1. The quantitative estimate of drug-likeness (QED) is 0.822. The second-order valence-electron chi connectivity index (χ2n) is 6.49. The van der Waals surface area contributed by atoms with Crippen LogP contribution in [-0.2, 0) is 0 Å². The van der Waals surface area contributed by atoms with E-state index in [4.69, 9.17) is 4.74 Å². The zero-order valence-corrected chi connectivity index (χ0v) is 15.5. The van der Waals surface area contributed by atoms with Crippen LogP contribution in [0.1, 0.15) is 16.9 Å². The summed E-state index contributed by atoms with van der Waals surface area (Å²) in [5.74, 6) is 1.05. The smallest absolute Gasteiger partial charge is 0.410 e. The van der Waals surface area contributed by atoms with E-state index in [0.29, 0.717) is 36.9 Å². The molecule has 2 aromatic rings. The summed E-state index contributed by atoms with van der Waals surface area (Å²) in [5, 5.41) is 8.21. The van der Waals surface area contributed by atoms with Gasteiger partial charge in [0.05, 0.1) is 0 Å². The summed E-state index contributed by atoms with van der Waals surface area (Å²) in [7, 11) is 3.35. The second kappa shape index (κ2) is 8.48. The van der Waals surface area contributed by atoms with Gasteiger partial charge in [-0.25, -0.2) is 4.79 Å². The maximum atomic E-state index is 12.4. The fraction of sp³-hybridized carbons (Fsp3) is 0.368. The number of aromatic nitrogens is 2. The van der Waals surface area contributed by atoms with Gasteiger partial charge in [-0.1, -0.05) is 18.2 Å². The molecule has 0 radical (unpaired) electrons. The van der Waals surface area contributed by atoms with Gasteiger partial charge in [0.15, 0.2) is 11.5 Å². The molecular weight excluding hydrogens is 346 g/mol. The number of nitrogens with zero attached hydrogens (tertiary/aromatic N) is 5. The molecule has 0 aliphatic carbocycles. The van der Waals surface area contributed by atoms with Crippen molar-refractivity contribution >= 4 is 17.8 Å². The van der Waals surface area contributed by atoms with E-state index in [2.05, 4.69) is 15.1 Å². The first-order valence-electron chi connectivity index (χ1n) is 8.87. The molecule has 3 rings (SSSR count). The highest BCUT2D eigenvalue weighted by Gasteiger charge is 2.22. The Labute approximate surface area is 158 Å². The second-order valence-corrected chi connectivity index (χ2v) is 6.49. The average molecular weight is 369 g/mol. The Hall–Kier alpha value is -3.16. The summed E-state index contributed by atoms with van der Waals surface area (Å²) in [6, 6.07) is 12.5. The third kappa shape index (κ3) is 4.72. The predicted molar refractivity (Wildman–Crippen MR) is 101 cm³/mol. The van der Waals surface area contributed by atoms with Gasteiger partial charge in [-0.05, 0) is 30.7 Å². The molecule has 0 unspecified atom stereocenters. The molecule has 1 saturated heterocycles. The first-order chi connectivity index (χ1) is 13.0. The maximum Gasteiger partial charge on any atom is 0.415 e. The lowest BCUT2D eigenvalue weighted by atomic mass is 10.3. The van der Waals surface area contributed by atoms with Crippen LogP contribution in [0.4, 0.5) is 10.6 Å². The number of amides is 2. The maximum absolute atomic E-state index is 12.4. The van der Waals surface area contributed by atoms with E-state index in [9.17, 15) is 9.59 Å². The van der Waals surface area contributed by atoms with Crippen molar-refractivity contribution < 1.29 is 14.3 Å². The monoisotopic (exact) mass is 369 g/mol. The van der Waals surface area contributed by atoms with Gasteiger partial charge in [-0.15, -0.1) is 10.2 Å². The highest BCUT2D eigenvalue weighted by molar-refractivity contribution is 5.91. The summed E-state index contributed by atoms with van der Waals surface area (Å²) in [6.45, 7) is 2.53. The predicted octanol–water partition coefficient (Wildman–Crippen LogP) is 1.89. The molecule has 2 amide bonds. The van der Waals surface area contributed by atoms with E-state index in [1.807, 2.05) is 18.2 Å². The molecule has 1 aliphatic rings. The largest absolute Gasteiger partial charge is 0.415 e. The Kier molecular flexibility index (Phi) is 5.85. The number of hydrogen-bond acceptors (Lipinski definition) is 6. The molecule has 0 atom stereocenters. The van der Waals surface area contributed by atoms with Crippen LogP contribution in [0, 0.1) is 0 Å². The summed E-state index contributed by atoms with van der Waals surface area (Å²) in [6.07, 6.45) is 0.449. The van der Waals surface area contributed by atoms with Gasteiger partial charge >= 0.3 is 6.09 Å². The topological polar surface area (TPSA) is 78.9 Å². The zero-order valence-electron chi connectivity index (χ0n) is 15.5. The number of ether oxygens (including phenoxy) is 1. The van der Waals surface area contributed by atoms with Crippen LogP contribution in [-0.4, -0.2) is 72.3 Å². The molecule has 142 valence electrons. The van der Waals surface area contributed by atoms with Gasteiger partial charge in [-0.3, -0.25) is 4.79 Å². The lowest BCUT2D eigenvalue weighted by Gasteiger charge is -2.22. The number of para-hydroxylation sites is 1. The minimum atomic E-state index is -0.346. The molecule has 8 heteroatoms. The molecule has 0 bridgehead atoms. The molecule has 1 aromatic heterocycles.